The monoisotopic (exact) mass is 221 g/mol. The lowest BCUT2D eigenvalue weighted by molar-refractivity contribution is -0.128. The lowest BCUT2D eigenvalue weighted by atomic mass is 10.2. The number of aliphatic hydroxyl groups excluding tert-OH is 1. The topological polar surface area (TPSA) is 62.3 Å². The van der Waals surface area contributed by atoms with Crippen molar-refractivity contribution in [3.8, 4) is 0 Å². The highest BCUT2D eigenvalue weighted by Crippen LogP contribution is 2.13. The molecule has 0 atom stereocenters. The predicted octanol–water partition coefficient (Wildman–Crippen LogP) is 1.84. The number of fused-ring (bicyclic) bond motifs is 1. The van der Waals surface area contributed by atoms with Crippen LogP contribution in [0.25, 0.3) is 10.9 Å². The molecule has 0 aliphatic carbocycles. The van der Waals surface area contributed by atoms with Crippen LogP contribution in [0.3, 0.4) is 0 Å². The number of carbonyl (C=O) groups excluding carboxylic acids is 1. The molecule has 0 radical (unpaired) electrons. The van der Waals surface area contributed by atoms with Crippen molar-refractivity contribution in [1.82, 2.24) is 4.98 Å². The molecule has 0 spiro atoms. The van der Waals surface area contributed by atoms with Crippen molar-refractivity contribution in [2.45, 2.75) is 13.5 Å². The van der Waals surface area contributed by atoms with E-state index < -0.39 is 0 Å². The van der Waals surface area contributed by atoms with E-state index in [9.17, 15) is 4.79 Å². The summed E-state index contributed by atoms with van der Waals surface area (Å²) >= 11 is 0. The number of carbonyl (C=O) groups is 1. The van der Waals surface area contributed by atoms with Crippen molar-refractivity contribution in [3.63, 3.8) is 0 Å². The molecule has 0 unspecified atom stereocenters. The Kier molecular flexibility index (Phi) is 5.08. The maximum atomic E-state index is 9.18. The standard InChI is InChI=1S/C9H9NO.C3H6O2/c11-6-7-1-2-8-3-4-10-9(8)5-7;1-2-5-3-4/h1-5,10-11H,6H2;3H,2H2,1H3. The molecule has 1 aromatic heterocycles. The summed E-state index contributed by atoms with van der Waals surface area (Å²) in [7, 11) is 0. The van der Waals surface area contributed by atoms with Gasteiger partial charge in [0.2, 0.25) is 0 Å². The lowest BCUT2D eigenvalue weighted by Crippen LogP contribution is -1.80. The number of H-pyrrole nitrogens is 1. The third-order valence-corrected chi connectivity index (χ3v) is 2.04. The molecule has 0 saturated carbocycles. The molecule has 1 heterocycles. The minimum Gasteiger partial charge on any atom is -0.468 e. The van der Waals surface area contributed by atoms with E-state index in [1.165, 1.54) is 5.39 Å². The van der Waals surface area contributed by atoms with Gasteiger partial charge in [0.15, 0.2) is 0 Å². The Morgan fingerprint density at radius 3 is 2.81 bits per heavy atom. The van der Waals surface area contributed by atoms with E-state index in [1.807, 2.05) is 30.5 Å². The van der Waals surface area contributed by atoms with Crippen LogP contribution in [0.15, 0.2) is 30.5 Å². The first-order valence-electron chi connectivity index (χ1n) is 5.04. The van der Waals surface area contributed by atoms with E-state index in [0.29, 0.717) is 13.1 Å². The summed E-state index contributed by atoms with van der Waals surface area (Å²) < 4.78 is 4.15. The summed E-state index contributed by atoms with van der Waals surface area (Å²) in [6, 6.07) is 7.89. The Bertz CT molecular complexity index is 437. The van der Waals surface area contributed by atoms with Crippen LogP contribution in [0.5, 0.6) is 0 Å². The molecule has 0 bridgehead atoms. The van der Waals surface area contributed by atoms with Gasteiger partial charge in [-0.2, -0.15) is 0 Å². The summed E-state index contributed by atoms with van der Waals surface area (Å²) in [4.78, 5) is 12.3. The minimum absolute atomic E-state index is 0.106. The first kappa shape index (κ1) is 12.3. The zero-order valence-corrected chi connectivity index (χ0v) is 9.14. The number of aromatic amines is 1. The van der Waals surface area contributed by atoms with Gasteiger partial charge in [0.25, 0.3) is 6.47 Å². The van der Waals surface area contributed by atoms with E-state index in [-0.39, 0.29) is 6.61 Å². The SMILES string of the molecule is CCOC=O.OCc1ccc2cc[nH]c2c1. The quantitative estimate of drug-likeness (QED) is 0.777. The molecule has 2 N–H and O–H groups in total. The second-order valence-electron chi connectivity index (χ2n) is 3.11. The third kappa shape index (κ3) is 3.40. The smallest absolute Gasteiger partial charge is 0.293 e. The number of nitrogens with one attached hydrogen (secondary N) is 1. The van der Waals surface area contributed by atoms with Gasteiger partial charge in [-0.1, -0.05) is 12.1 Å². The second kappa shape index (κ2) is 6.63. The number of aromatic nitrogens is 1. The number of ether oxygens (including phenoxy) is 1. The van der Waals surface area contributed by atoms with Crippen molar-refractivity contribution in [1.29, 1.82) is 0 Å². The van der Waals surface area contributed by atoms with Crippen LogP contribution in [-0.4, -0.2) is 23.2 Å². The molecule has 4 heteroatoms. The van der Waals surface area contributed by atoms with Gasteiger partial charge < -0.3 is 14.8 Å². The van der Waals surface area contributed by atoms with Gasteiger partial charge in [-0.15, -0.1) is 0 Å². The van der Waals surface area contributed by atoms with Crippen LogP contribution in [0.1, 0.15) is 12.5 Å². The van der Waals surface area contributed by atoms with Crippen molar-refractivity contribution in [3.05, 3.63) is 36.0 Å². The predicted molar refractivity (Wildman–Crippen MR) is 61.9 cm³/mol. The van der Waals surface area contributed by atoms with Crippen molar-refractivity contribution in [2.75, 3.05) is 6.61 Å². The highest BCUT2D eigenvalue weighted by atomic mass is 16.5. The largest absolute Gasteiger partial charge is 0.468 e. The van der Waals surface area contributed by atoms with Crippen LogP contribution < -0.4 is 0 Å². The van der Waals surface area contributed by atoms with Gasteiger partial charge in [0.1, 0.15) is 0 Å². The summed E-state index contributed by atoms with van der Waals surface area (Å²) in [5.74, 6) is 0. The van der Waals surface area contributed by atoms with Crippen LogP contribution in [-0.2, 0) is 16.1 Å². The highest BCUT2D eigenvalue weighted by Gasteiger charge is 1.94. The van der Waals surface area contributed by atoms with E-state index >= 15 is 0 Å². The van der Waals surface area contributed by atoms with Gasteiger partial charge in [0, 0.05) is 11.7 Å². The maximum absolute atomic E-state index is 9.18. The van der Waals surface area contributed by atoms with E-state index in [0.717, 1.165) is 11.1 Å². The number of benzene rings is 1. The summed E-state index contributed by atoms with van der Waals surface area (Å²) in [5, 5.41) is 10.0. The Balaban J connectivity index is 0.000000221. The Labute approximate surface area is 93.9 Å². The molecule has 0 aliphatic rings. The molecular weight excluding hydrogens is 206 g/mol. The van der Waals surface area contributed by atoms with Crippen LogP contribution >= 0.6 is 0 Å². The molecule has 2 rings (SSSR count). The summed E-state index contributed by atoms with van der Waals surface area (Å²) in [6.45, 7) is 2.77. The van der Waals surface area contributed by atoms with Crippen molar-refractivity contribution >= 4 is 17.4 Å². The Morgan fingerprint density at radius 2 is 2.25 bits per heavy atom. The molecular formula is C12H15NO3. The lowest BCUT2D eigenvalue weighted by Gasteiger charge is -1.94. The molecule has 86 valence electrons. The number of hydrogen-bond acceptors (Lipinski definition) is 3. The Hall–Kier alpha value is -1.81. The average molecular weight is 221 g/mol. The molecule has 0 saturated heterocycles. The first-order chi connectivity index (χ1) is 7.81. The minimum atomic E-state index is 0.106. The van der Waals surface area contributed by atoms with Gasteiger partial charge in [-0.25, -0.2) is 0 Å². The number of rotatable bonds is 3. The third-order valence-electron chi connectivity index (χ3n) is 2.04. The normalized spacial score (nSPS) is 9.38. The fourth-order valence-corrected chi connectivity index (χ4v) is 1.26. The zero-order chi connectivity index (χ0) is 11.8. The highest BCUT2D eigenvalue weighted by molar-refractivity contribution is 5.79. The average Bonchev–Trinajstić information content (AvgIpc) is 2.77. The van der Waals surface area contributed by atoms with Gasteiger partial charge in [-0.05, 0) is 30.0 Å². The fourth-order valence-electron chi connectivity index (χ4n) is 1.26. The maximum Gasteiger partial charge on any atom is 0.293 e. The van der Waals surface area contributed by atoms with Gasteiger partial charge in [-0.3, -0.25) is 4.79 Å². The summed E-state index contributed by atoms with van der Waals surface area (Å²) in [5.41, 5.74) is 2.02. The summed E-state index contributed by atoms with van der Waals surface area (Å²) in [6.07, 6.45) is 1.89. The Morgan fingerprint density at radius 1 is 1.44 bits per heavy atom. The molecule has 0 aliphatic heterocycles. The van der Waals surface area contributed by atoms with Crippen molar-refractivity contribution < 1.29 is 14.6 Å². The molecule has 16 heavy (non-hydrogen) atoms. The number of aliphatic hydroxyl groups is 1. The van der Waals surface area contributed by atoms with E-state index in [4.69, 9.17) is 5.11 Å². The first-order valence-corrected chi connectivity index (χ1v) is 5.04. The second-order valence-corrected chi connectivity index (χ2v) is 3.11. The van der Waals surface area contributed by atoms with Crippen LogP contribution in [0.2, 0.25) is 0 Å². The zero-order valence-electron chi connectivity index (χ0n) is 9.14. The molecule has 2 aromatic rings. The van der Waals surface area contributed by atoms with Gasteiger partial charge >= 0.3 is 0 Å². The molecule has 0 amide bonds. The molecule has 1 aromatic carbocycles. The fraction of sp³-hybridized carbons (Fsp3) is 0.250. The number of hydrogen-bond donors (Lipinski definition) is 2. The van der Waals surface area contributed by atoms with E-state index in [1.54, 1.807) is 6.92 Å². The van der Waals surface area contributed by atoms with Crippen LogP contribution in [0.4, 0.5) is 0 Å². The van der Waals surface area contributed by atoms with E-state index in [2.05, 4.69) is 9.72 Å². The van der Waals surface area contributed by atoms with Gasteiger partial charge in [0.05, 0.1) is 13.2 Å². The van der Waals surface area contributed by atoms with Crippen LogP contribution in [0, 0.1) is 0 Å². The van der Waals surface area contributed by atoms with Crippen molar-refractivity contribution in [2.24, 2.45) is 0 Å². The molecule has 4 nitrogen and oxygen atoms in total. The molecule has 0 fully saturated rings.